The normalized spacial score (nSPS) is 19.0. The molecule has 0 nitrogen and oxygen atoms in total. The Labute approximate surface area is 274 Å². The Hall–Kier alpha value is -0.767. The molecule has 0 saturated carbocycles. The molecule has 0 radical (unpaired) electrons. The van der Waals surface area contributed by atoms with Crippen LogP contribution < -0.4 is 0 Å². The molecule has 3 aromatic heterocycles. The van der Waals surface area contributed by atoms with Gasteiger partial charge >= 0.3 is 27.0 Å². The average molecular weight is 673 g/mol. The molecule has 0 aliphatic heterocycles. The number of benzene rings is 1. The van der Waals surface area contributed by atoms with E-state index in [1.807, 2.05) is 28.7 Å². The van der Waals surface area contributed by atoms with Gasteiger partial charge in [0.1, 0.15) is 0 Å². The molecule has 0 N–H and O–H groups in total. The van der Waals surface area contributed by atoms with Crippen molar-refractivity contribution in [2.45, 2.75) is 116 Å². The maximum absolute atomic E-state index is 4.76. The van der Waals surface area contributed by atoms with E-state index in [9.17, 15) is 0 Å². The molecule has 2 aliphatic carbocycles. The zero-order valence-electron chi connectivity index (χ0n) is 26.1. The zero-order chi connectivity index (χ0) is 29.8. The molecular formula is C36H43ClS3Zn. The van der Waals surface area contributed by atoms with Crippen LogP contribution in [-0.4, -0.2) is 0 Å². The molecule has 0 unspecified atom stereocenters. The maximum atomic E-state index is 4.76. The van der Waals surface area contributed by atoms with E-state index < -0.39 is 0 Å². The summed E-state index contributed by atoms with van der Waals surface area (Å²) in [5.74, 6) is 0. The van der Waals surface area contributed by atoms with Gasteiger partial charge in [-0.15, -0.1) is 32.9 Å². The summed E-state index contributed by atoms with van der Waals surface area (Å²) in [6.07, 6.45) is 7.37. The van der Waals surface area contributed by atoms with Crippen molar-refractivity contribution in [2.75, 3.05) is 0 Å². The monoisotopic (exact) mass is 670 g/mol. The topological polar surface area (TPSA) is 0 Å². The van der Waals surface area contributed by atoms with Gasteiger partial charge in [0, 0.05) is 10.4 Å². The van der Waals surface area contributed by atoms with Gasteiger partial charge in [-0.2, -0.15) is 12.1 Å². The van der Waals surface area contributed by atoms with Gasteiger partial charge in [-0.25, -0.2) is 0 Å². The Bertz CT molecular complexity index is 1450. The molecule has 41 heavy (non-hydrogen) atoms. The molecule has 6 rings (SSSR count). The van der Waals surface area contributed by atoms with Gasteiger partial charge in [0.2, 0.25) is 0 Å². The Morgan fingerprint density at radius 2 is 1.29 bits per heavy atom. The fourth-order valence-electron chi connectivity index (χ4n) is 8.68. The minimum absolute atomic E-state index is 0.151. The second-order valence-corrected chi connectivity index (χ2v) is 16.3. The molecule has 0 saturated heterocycles. The molecule has 1 aromatic carbocycles. The molecule has 3 heterocycles. The first-order chi connectivity index (χ1) is 19.6. The van der Waals surface area contributed by atoms with Crippen LogP contribution in [0.4, 0.5) is 0 Å². The molecule has 214 valence electrons. The number of hydrogen-bond donors (Lipinski definition) is 0. The summed E-state index contributed by atoms with van der Waals surface area (Å²) in [6, 6.07) is 14.1. The predicted octanol–water partition coefficient (Wildman–Crippen LogP) is 12.8. The fraction of sp³-hybridized carbons (Fsp3) is 0.500. The minimum atomic E-state index is 0.151. The van der Waals surface area contributed by atoms with Gasteiger partial charge in [0.15, 0.2) is 0 Å². The second kappa shape index (κ2) is 11.6. The Kier molecular flexibility index (Phi) is 8.98. The van der Waals surface area contributed by atoms with Gasteiger partial charge in [0.05, 0.1) is 4.88 Å². The molecule has 0 fully saturated rings. The first-order valence-electron chi connectivity index (χ1n) is 15.2. The molecule has 2 aliphatic rings. The molecule has 0 spiro atoms. The predicted molar refractivity (Wildman–Crippen MR) is 181 cm³/mol. The number of rotatable bonds is 7. The van der Waals surface area contributed by atoms with Gasteiger partial charge in [-0.3, -0.25) is 11.3 Å². The van der Waals surface area contributed by atoms with Crippen molar-refractivity contribution >= 4 is 43.7 Å². The van der Waals surface area contributed by atoms with Crippen LogP contribution in [0.25, 0.3) is 30.6 Å². The van der Waals surface area contributed by atoms with Crippen molar-refractivity contribution in [3.63, 3.8) is 0 Å². The van der Waals surface area contributed by atoms with Crippen LogP contribution >= 0.6 is 43.7 Å². The first kappa shape index (κ1) is 31.7. The summed E-state index contributed by atoms with van der Waals surface area (Å²) < 4.78 is 0. The molecule has 0 bridgehead atoms. The molecule has 0 amide bonds. The quantitative estimate of drug-likeness (QED) is 0.135. The van der Waals surface area contributed by atoms with E-state index in [1.165, 1.54) is 63.6 Å². The third kappa shape index (κ3) is 4.91. The van der Waals surface area contributed by atoms with Gasteiger partial charge in [-0.05, 0) is 110 Å². The van der Waals surface area contributed by atoms with Crippen molar-refractivity contribution in [3.8, 4) is 30.6 Å². The SMILES string of the molecule is CCC1(CC)CC(C)(C)c2c1cc1c(c2-c2ccsc2-c2ccc(-c3cc[c-]s3)s2)C(C)(C)CC1(CC)CC.[Cl][Zn+]. The number of fused-ring (bicyclic) bond motifs is 2. The van der Waals surface area contributed by atoms with E-state index in [-0.39, 0.29) is 21.7 Å². The summed E-state index contributed by atoms with van der Waals surface area (Å²) >= 11 is 6.43. The number of hydrogen-bond acceptors (Lipinski definition) is 3. The molecule has 4 aromatic rings. The van der Waals surface area contributed by atoms with Crippen LogP contribution in [0, 0.1) is 5.38 Å². The van der Waals surface area contributed by atoms with Crippen LogP contribution in [0.1, 0.15) is 116 Å². The summed E-state index contributed by atoms with van der Waals surface area (Å²) in [4.78, 5) is 5.52. The van der Waals surface area contributed by atoms with Gasteiger partial charge < -0.3 is 0 Å². The second-order valence-electron chi connectivity index (χ2n) is 13.4. The molecule has 0 atom stereocenters. The van der Waals surface area contributed by atoms with Crippen molar-refractivity contribution in [1.29, 1.82) is 0 Å². The fourth-order valence-corrected chi connectivity index (χ4v) is 11.5. The van der Waals surface area contributed by atoms with Crippen molar-refractivity contribution < 1.29 is 17.3 Å². The first-order valence-corrected chi connectivity index (χ1v) is 21.6. The Morgan fingerprint density at radius 3 is 1.78 bits per heavy atom. The van der Waals surface area contributed by atoms with Crippen molar-refractivity contribution in [2.24, 2.45) is 0 Å². The Balaban J connectivity index is 0.00000165. The van der Waals surface area contributed by atoms with E-state index >= 15 is 0 Å². The van der Waals surface area contributed by atoms with E-state index in [0.29, 0.717) is 0 Å². The summed E-state index contributed by atoms with van der Waals surface area (Å²) in [5.41, 5.74) is 10.6. The van der Waals surface area contributed by atoms with Crippen LogP contribution in [0.15, 0.2) is 41.8 Å². The third-order valence-corrected chi connectivity index (χ3v) is 13.7. The van der Waals surface area contributed by atoms with E-state index in [2.05, 4.69) is 96.5 Å². The summed E-state index contributed by atoms with van der Waals surface area (Å²) in [7, 11) is 4.76. The van der Waals surface area contributed by atoms with Crippen LogP contribution in [0.2, 0.25) is 0 Å². The van der Waals surface area contributed by atoms with Gasteiger partial charge in [0.25, 0.3) is 0 Å². The summed E-state index contributed by atoms with van der Waals surface area (Å²) in [5, 5.41) is 5.62. The standard InChI is InChI=1S/C36H43S3.ClH.Zn/c1-9-35(10-2)21-33(5,6)30-24(35)20-25-31(34(7,8)22-36(25,11-3)12-4)29(30)23-17-19-38-32(23)28-16-15-27(39-28)26-14-13-18-37-26;;/h13-17,19-20H,9-12,21-22H2,1-8H3;1H;/q-1;;+2/p-1. The van der Waals surface area contributed by atoms with Crippen LogP contribution in [0.3, 0.4) is 0 Å². The molecular weight excluding hydrogens is 629 g/mol. The third-order valence-electron chi connectivity index (χ3n) is 10.6. The average Bonchev–Trinajstić information content (AvgIpc) is 3.79. The van der Waals surface area contributed by atoms with E-state index in [1.54, 1.807) is 39.2 Å². The van der Waals surface area contributed by atoms with Crippen LogP contribution in [-0.2, 0) is 39.0 Å². The van der Waals surface area contributed by atoms with E-state index in [0.717, 1.165) is 17.3 Å². The molecule has 5 heteroatoms. The number of halogens is 1. The van der Waals surface area contributed by atoms with Gasteiger partial charge in [-0.1, -0.05) is 67.5 Å². The summed E-state index contributed by atoms with van der Waals surface area (Å²) in [6.45, 7) is 19.9. The van der Waals surface area contributed by atoms with E-state index in [4.69, 9.17) is 9.69 Å². The Morgan fingerprint density at radius 1 is 0.756 bits per heavy atom. The van der Waals surface area contributed by atoms with Crippen molar-refractivity contribution in [1.82, 2.24) is 0 Å². The van der Waals surface area contributed by atoms with Crippen molar-refractivity contribution in [3.05, 3.63) is 69.4 Å². The number of thiophene rings is 3. The van der Waals surface area contributed by atoms with Crippen LogP contribution in [0.5, 0.6) is 0 Å². The zero-order valence-corrected chi connectivity index (χ0v) is 32.3.